The molecule has 0 spiro atoms. The Morgan fingerprint density at radius 3 is 2.72 bits per heavy atom. The van der Waals surface area contributed by atoms with Crippen LogP contribution in [0.1, 0.15) is 23.2 Å². The summed E-state index contributed by atoms with van der Waals surface area (Å²) in [5.74, 6) is -0.756. The maximum absolute atomic E-state index is 13.6. The van der Waals surface area contributed by atoms with E-state index in [1.54, 1.807) is 6.07 Å². The van der Waals surface area contributed by atoms with Gasteiger partial charge in [-0.2, -0.15) is 0 Å². The van der Waals surface area contributed by atoms with Crippen molar-refractivity contribution in [3.05, 3.63) is 34.1 Å². The van der Waals surface area contributed by atoms with Gasteiger partial charge in [-0.15, -0.1) is 0 Å². The molecule has 1 aromatic rings. The Balaban J connectivity index is 2.13. The van der Waals surface area contributed by atoms with E-state index in [2.05, 4.69) is 21.2 Å². The number of thiocarbonyl (C=S) groups is 1. The Kier molecular flexibility index (Phi) is 3.97. The monoisotopic (exact) mass is 330 g/mol. The lowest BCUT2D eigenvalue weighted by Gasteiger charge is -2.16. The standard InChI is InChI=1S/C12H12BrFN2OS/c13-7-3-4-8(9(14)5-7)12(17)16-10(11(15)18)6-1-2-6/h3-6,10H,1-2H2,(H2,15,18)(H,16,17). The first-order valence-corrected chi connectivity index (χ1v) is 6.74. The van der Waals surface area contributed by atoms with Gasteiger partial charge in [-0.3, -0.25) is 4.79 Å². The molecule has 1 saturated carbocycles. The number of hydrogen-bond donors (Lipinski definition) is 2. The lowest BCUT2D eigenvalue weighted by Crippen LogP contribution is -2.45. The van der Waals surface area contributed by atoms with Gasteiger partial charge in [-0.1, -0.05) is 28.1 Å². The number of nitrogens with one attached hydrogen (secondary N) is 1. The molecule has 1 fully saturated rings. The second-order valence-electron chi connectivity index (χ2n) is 4.32. The summed E-state index contributed by atoms with van der Waals surface area (Å²) in [7, 11) is 0. The van der Waals surface area contributed by atoms with Gasteiger partial charge in [-0.25, -0.2) is 4.39 Å². The van der Waals surface area contributed by atoms with Crippen molar-refractivity contribution >= 4 is 39.0 Å². The molecule has 1 aromatic carbocycles. The Labute approximate surface area is 118 Å². The summed E-state index contributed by atoms with van der Waals surface area (Å²) >= 11 is 8.06. The van der Waals surface area contributed by atoms with E-state index in [9.17, 15) is 9.18 Å². The summed E-state index contributed by atoms with van der Waals surface area (Å²) in [5.41, 5.74) is 5.58. The number of halogens is 2. The number of rotatable bonds is 4. The molecule has 0 saturated heterocycles. The number of amides is 1. The molecule has 1 atom stereocenters. The molecule has 0 heterocycles. The van der Waals surface area contributed by atoms with E-state index in [4.69, 9.17) is 18.0 Å². The predicted octanol–water partition coefficient (Wildman–Crippen LogP) is 2.38. The molecular formula is C12H12BrFN2OS. The Bertz CT molecular complexity index is 505. The molecule has 1 unspecified atom stereocenters. The molecule has 1 aliphatic carbocycles. The first kappa shape index (κ1) is 13.4. The molecule has 0 aromatic heterocycles. The fraction of sp³-hybridized carbons (Fsp3) is 0.333. The molecular weight excluding hydrogens is 319 g/mol. The number of benzene rings is 1. The predicted molar refractivity (Wildman–Crippen MR) is 74.9 cm³/mol. The first-order chi connectivity index (χ1) is 8.49. The zero-order valence-electron chi connectivity index (χ0n) is 9.45. The molecule has 2 rings (SSSR count). The fourth-order valence-corrected chi connectivity index (χ4v) is 2.33. The van der Waals surface area contributed by atoms with Crippen LogP contribution >= 0.6 is 28.1 Å². The highest BCUT2D eigenvalue weighted by molar-refractivity contribution is 9.10. The average molecular weight is 331 g/mol. The Hall–Kier alpha value is -1.01. The van der Waals surface area contributed by atoms with Gasteiger partial charge in [0, 0.05) is 4.47 Å². The maximum Gasteiger partial charge on any atom is 0.254 e. The summed E-state index contributed by atoms with van der Waals surface area (Å²) in [5, 5.41) is 2.69. The first-order valence-electron chi connectivity index (χ1n) is 5.54. The van der Waals surface area contributed by atoms with Crippen LogP contribution in [-0.4, -0.2) is 16.9 Å². The summed E-state index contributed by atoms with van der Waals surface area (Å²) in [6, 6.07) is 3.96. The van der Waals surface area contributed by atoms with Crippen molar-refractivity contribution in [3.8, 4) is 0 Å². The van der Waals surface area contributed by atoms with Gasteiger partial charge in [0.15, 0.2) is 0 Å². The van der Waals surface area contributed by atoms with E-state index >= 15 is 0 Å². The van der Waals surface area contributed by atoms with Crippen LogP contribution in [0.15, 0.2) is 22.7 Å². The maximum atomic E-state index is 13.6. The van der Waals surface area contributed by atoms with Crippen LogP contribution in [0, 0.1) is 11.7 Å². The normalized spacial score (nSPS) is 16.1. The van der Waals surface area contributed by atoms with Gasteiger partial charge in [0.1, 0.15) is 5.82 Å². The van der Waals surface area contributed by atoms with E-state index in [1.807, 2.05) is 0 Å². The largest absolute Gasteiger partial charge is 0.392 e. The highest BCUT2D eigenvalue weighted by atomic mass is 79.9. The highest BCUT2D eigenvalue weighted by Crippen LogP contribution is 2.33. The van der Waals surface area contributed by atoms with Crippen molar-refractivity contribution in [1.82, 2.24) is 5.32 Å². The van der Waals surface area contributed by atoms with Crippen molar-refractivity contribution in [3.63, 3.8) is 0 Å². The SMILES string of the molecule is NC(=S)C(NC(=O)c1ccc(Br)cc1F)C1CC1. The molecule has 3 nitrogen and oxygen atoms in total. The van der Waals surface area contributed by atoms with Crippen molar-refractivity contribution in [2.45, 2.75) is 18.9 Å². The summed E-state index contributed by atoms with van der Waals surface area (Å²) in [6.07, 6.45) is 1.98. The third-order valence-electron chi connectivity index (χ3n) is 2.86. The smallest absolute Gasteiger partial charge is 0.254 e. The Morgan fingerprint density at radius 1 is 1.56 bits per heavy atom. The number of carbonyl (C=O) groups is 1. The fourth-order valence-electron chi connectivity index (χ4n) is 1.74. The quantitative estimate of drug-likeness (QED) is 0.833. The van der Waals surface area contributed by atoms with Crippen molar-refractivity contribution in [2.75, 3.05) is 0 Å². The van der Waals surface area contributed by atoms with Crippen LogP contribution in [-0.2, 0) is 0 Å². The molecule has 0 bridgehead atoms. The van der Waals surface area contributed by atoms with E-state index in [1.165, 1.54) is 12.1 Å². The number of nitrogens with two attached hydrogens (primary N) is 1. The Morgan fingerprint density at radius 2 is 2.22 bits per heavy atom. The number of hydrogen-bond acceptors (Lipinski definition) is 2. The topological polar surface area (TPSA) is 55.1 Å². The van der Waals surface area contributed by atoms with E-state index in [0.29, 0.717) is 10.4 Å². The minimum absolute atomic E-state index is 0.0000926. The van der Waals surface area contributed by atoms with Crippen LogP contribution in [0.2, 0.25) is 0 Å². The zero-order valence-corrected chi connectivity index (χ0v) is 11.9. The van der Waals surface area contributed by atoms with E-state index in [-0.39, 0.29) is 16.6 Å². The van der Waals surface area contributed by atoms with Gasteiger partial charge in [0.25, 0.3) is 5.91 Å². The second kappa shape index (κ2) is 5.32. The average Bonchev–Trinajstić information content (AvgIpc) is 3.08. The minimum atomic E-state index is -0.570. The van der Waals surface area contributed by atoms with Crippen molar-refractivity contribution < 1.29 is 9.18 Å². The summed E-state index contributed by atoms with van der Waals surface area (Å²) < 4.78 is 14.2. The second-order valence-corrected chi connectivity index (χ2v) is 5.70. The van der Waals surface area contributed by atoms with E-state index in [0.717, 1.165) is 12.8 Å². The zero-order chi connectivity index (χ0) is 13.3. The molecule has 0 radical (unpaired) electrons. The van der Waals surface area contributed by atoms with Gasteiger partial charge >= 0.3 is 0 Å². The van der Waals surface area contributed by atoms with E-state index < -0.39 is 11.7 Å². The number of carbonyl (C=O) groups excluding carboxylic acids is 1. The third kappa shape index (κ3) is 3.05. The highest BCUT2D eigenvalue weighted by Gasteiger charge is 2.34. The van der Waals surface area contributed by atoms with Crippen LogP contribution in [0.5, 0.6) is 0 Å². The van der Waals surface area contributed by atoms with Gasteiger partial charge in [0.2, 0.25) is 0 Å². The molecule has 18 heavy (non-hydrogen) atoms. The van der Waals surface area contributed by atoms with Crippen LogP contribution in [0.4, 0.5) is 4.39 Å². The molecule has 1 amide bonds. The molecule has 1 aliphatic rings. The lowest BCUT2D eigenvalue weighted by atomic mass is 10.1. The lowest BCUT2D eigenvalue weighted by molar-refractivity contribution is 0.0939. The molecule has 0 aliphatic heterocycles. The van der Waals surface area contributed by atoms with Crippen LogP contribution < -0.4 is 11.1 Å². The summed E-state index contributed by atoms with van der Waals surface area (Å²) in [6.45, 7) is 0. The van der Waals surface area contributed by atoms with Gasteiger partial charge < -0.3 is 11.1 Å². The minimum Gasteiger partial charge on any atom is -0.392 e. The molecule has 6 heteroatoms. The van der Waals surface area contributed by atoms with Crippen LogP contribution in [0.3, 0.4) is 0 Å². The molecule has 96 valence electrons. The molecule has 3 N–H and O–H groups in total. The van der Waals surface area contributed by atoms with Crippen molar-refractivity contribution in [2.24, 2.45) is 11.7 Å². The van der Waals surface area contributed by atoms with Gasteiger partial charge in [-0.05, 0) is 37.0 Å². The van der Waals surface area contributed by atoms with Crippen LogP contribution in [0.25, 0.3) is 0 Å². The third-order valence-corrected chi connectivity index (χ3v) is 3.61. The summed E-state index contributed by atoms with van der Waals surface area (Å²) in [4.78, 5) is 12.2. The van der Waals surface area contributed by atoms with Crippen molar-refractivity contribution in [1.29, 1.82) is 0 Å². The van der Waals surface area contributed by atoms with Gasteiger partial charge in [0.05, 0.1) is 16.6 Å².